The van der Waals surface area contributed by atoms with Crippen molar-refractivity contribution in [1.29, 1.82) is 5.26 Å². The highest BCUT2D eigenvalue weighted by Gasteiger charge is 2.10. The molecule has 0 atom stereocenters. The van der Waals surface area contributed by atoms with Gasteiger partial charge in [-0.2, -0.15) is 5.26 Å². The van der Waals surface area contributed by atoms with Gasteiger partial charge in [-0.3, -0.25) is 0 Å². The molecule has 1 aromatic heterocycles. The second-order valence-corrected chi connectivity index (χ2v) is 3.94. The molecular weight excluding hydrogens is 210 g/mol. The summed E-state index contributed by atoms with van der Waals surface area (Å²) in [6.45, 7) is 3.93. The van der Waals surface area contributed by atoms with Gasteiger partial charge in [0.05, 0.1) is 6.61 Å². The Bertz CT molecular complexity index is 426. The average molecular weight is 221 g/mol. The van der Waals surface area contributed by atoms with E-state index in [1.807, 2.05) is 24.4 Å². The first-order valence-electron chi connectivity index (χ1n) is 4.52. The number of nitriles is 1. The molecule has 0 aliphatic carbocycles. The van der Waals surface area contributed by atoms with Gasteiger partial charge in [-0.05, 0) is 36.9 Å². The molecule has 0 N–H and O–H groups in total. The molecule has 15 heavy (non-hydrogen) atoms. The minimum absolute atomic E-state index is 0.0401. The Morgan fingerprint density at radius 2 is 2.47 bits per heavy atom. The Balaban J connectivity index is 2.94. The minimum atomic E-state index is -0.564. The maximum Gasteiger partial charge on any atom is 0.348 e. The summed E-state index contributed by atoms with van der Waals surface area (Å²) >= 11 is 1.58. The highest BCUT2D eigenvalue weighted by Crippen LogP contribution is 2.18. The van der Waals surface area contributed by atoms with Gasteiger partial charge in [0.2, 0.25) is 0 Å². The summed E-state index contributed by atoms with van der Waals surface area (Å²) in [6, 6.07) is 3.71. The van der Waals surface area contributed by atoms with E-state index in [0.717, 1.165) is 10.4 Å². The van der Waals surface area contributed by atoms with E-state index < -0.39 is 5.97 Å². The molecule has 0 saturated carbocycles. The lowest BCUT2D eigenvalue weighted by Crippen LogP contribution is -2.05. The SMILES string of the molecule is CCOC(=O)/C(C#N)=C/c1ccsc1C. The van der Waals surface area contributed by atoms with E-state index in [-0.39, 0.29) is 12.2 Å². The Hall–Kier alpha value is -1.60. The van der Waals surface area contributed by atoms with Crippen molar-refractivity contribution < 1.29 is 9.53 Å². The van der Waals surface area contributed by atoms with Gasteiger partial charge in [-0.1, -0.05) is 0 Å². The van der Waals surface area contributed by atoms with E-state index in [0.29, 0.717) is 0 Å². The van der Waals surface area contributed by atoms with E-state index in [4.69, 9.17) is 10.00 Å². The number of carbonyl (C=O) groups excluding carboxylic acids is 1. The molecule has 4 heteroatoms. The molecule has 0 spiro atoms. The van der Waals surface area contributed by atoms with Crippen LogP contribution in [0.15, 0.2) is 17.0 Å². The van der Waals surface area contributed by atoms with Crippen molar-refractivity contribution in [2.24, 2.45) is 0 Å². The first kappa shape index (κ1) is 11.5. The van der Waals surface area contributed by atoms with Gasteiger partial charge in [0.1, 0.15) is 11.6 Å². The number of carbonyl (C=O) groups is 1. The minimum Gasteiger partial charge on any atom is -0.462 e. The molecular formula is C11H11NO2S. The van der Waals surface area contributed by atoms with Crippen LogP contribution in [0.1, 0.15) is 17.4 Å². The summed E-state index contributed by atoms with van der Waals surface area (Å²) in [5.41, 5.74) is 0.933. The standard InChI is InChI=1S/C11H11NO2S/c1-3-14-11(13)10(7-12)6-9-4-5-15-8(9)2/h4-6H,3H2,1-2H3/b10-6+. The van der Waals surface area contributed by atoms with Crippen molar-refractivity contribution in [1.82, 2.24) is 0 Å². The predicted octanol–water partition coefficient (Wildman–Crippen LogP) is 2.53. The Morgan fingerprint density at radius 3 is 2.93 bits per heavy atom. The van der Waals surface area contributed by atoms with Crippen molar-refractivity contribution in [2.45, 2.75) is 13.8 Å². The lowest BCUT2D eigenvalue weighted by Gasteiger charge is -1.98. The first-order chi connectivity index (χ1) is 7.19. The van der Waals surface area contributed by atoms with Crippen LogP contribution in [-0.2, 0) is 9.53 Å². The van der Waals surface area contributed by atoms with E-state index in [2.05, 4.69) is 0 Å². The number of hydrogen-bond donors (Lipinski definition) is 0. The molecule has 0 aromatic carbocycles. The molecule has 0 bridgehead atoms. The molecule has 0 amide bonds. The number of nitrogens with zero attached hydrogens (tertiary/aromatic N) is 1. The predicted molar refractivity (Wildman–Crippen MR) is 59.3 cm³/mol. The van der Waals surface area contributed by atoms with Gasteiger partial charge >= 0.3 is 5.97 Å². The van der Waals surface area contributed by atoms with Gasteiger partial charge in [0.15, 0.2) is 0 Å². The molecule has 0 radical (unpaired) electrons. The quantitative estimate of drug-likeness (QED) is 0.447. The highest BCUT2D eigenvalue weighted by atomic mass is 32.1. The lowest BCUT2D eigenvalue weighted by atomic mass is 10.2. The molecule has 78 valence electrons. The van der Waals surface area contributed by atoms with Crippen molar-refractivity contribution in [3.8, 4) is 6.07 Å². The third kappa shape index (κ3) is 2.93. The lowest BCUT2D eigenvalue weighted by molar-refractivity contribution is -0.137. The van der Waals surface area contributed by atoms with Crippen molar-refractivity contribution in [3.63, 3.8) is 0 Å². The fourth-order valence-electron chi connectivity index (χ4n) is 1.05. The monoisotopic (exact) mass is 221 g/mol. The van der Waals surface area contributed by atoms with E-state index in [1.54, 1.807) is 24.3 Å². The molecule has 1 heterocycles. The van der Waals surface area contributed by atoms with Crippen LogP contribution >= 0.6 is 11.3 Å². The number of aryl methyl sites for hydroxylation is 1. The molecule has 1 rings (SSSR count). The summed E-state index contributed by atoms with van der Waals surface area (Å²) in [6.07, 6.45) is 1.56. The number of esters is 1. The van der Waals surface area contributed by atoms with Crippen LogP contribution in [0.5, 0.6) is 0 Å². The molecule has 0 fully saturated rings. The molecule has 0 aliphatic heterocycles. The van der Waals surface area contributed by atoms with Gasteiger partial charge in [-0.25, -0.2) is 4.79 Å². The Kier molecular flexibility index (Phi) is 4.07. The van der Waals surface area contributed by atoms with Crippen LogP contribution in [0.3, 0.4) is 0 Å². The summed E-state index contributed by atoms with van der Waals surface area (Å²) in [4.78, 5) is 12.4. The summed E-state index contributed by atoms with van der Waals surface area (Å²) in [7, 11) is 0. The van der Waals surface area contributed by atoms with Gasteiger partial charge < -0.3 is 4.74 Å². The summed E-state index contributed by atoms with van der Waals surface area (Å²) in [5.74, 6) is -0.564. The van der Waals surface area contributed by atoms with Crippen LogP contribution in [0, 0.1) is 18.3 Å². The van der Waals surface area contributed by atoms with Crippen molar-refractivity contribution in [3.05, 3.63) is 27.5 Å². The van der Waals surface area contributed by atoms with Crippen LogP contribution in [0.25, 0.3) is 6.08 Å². The maximum absolute atomic E-state index is 11.3. The second kappa shape index (κ2) is 5.32. The third-order valence-electron chi connectivity index (χ3n) is 1.81. The van der Waals surface area contributed by atoms with E-state index >= 15 is 0 Å². The fraction of sp³-hybridized carbons (Fsp3) is 0.273. The Morgan fingerprint density at radius 1 is 1.73 bits per heavy atom. The summed E-state index contributed by atoms with van der Waals surface area (Å²) in [5, 5.41) is 10.7. The number of hydrogen-bond acceptors (Lipinski definition) is 4. The fourth-order valence-corrected chi connectivity index (χ4v) is 1.73. The summed E-state index contributed by atoms with van der Waals surface area (Å²) < 4.78 is 4.76. The second-order valence-electron chi connectivity index (χ2n) is 2.82. The number of ether oxygens (including phenoxy) is 1. The molecule has 1 aromatic rings. The van der Waals surface area contributed by atoms with Gasteiger partial charge in [0, 0.05) is 4.88 Å². The van der Waals surface area contributed by atoms with E-state index in [9.17, 15) is 4.79 Å². The maximum atomic E-state index is 11.3. The van der Waals surface area contributed by atoms with Crippen LogP contribution < -0.4 is 0 Å². The first-order valence-corrected chi connectivity index (χ1v) is 5.40. The van der Waals surface area contributed by atoms with Crippen LogP contribution in [0.2, 0.25) is 0 Å². The average Bonchev–Trinajstić information content (AvgIpc) is 2.61. The van der Waals surface area contributed by atoms with Gasteiger partial charge in [0.25, 0.3) is 0 Å². The smallest absolute Gasteiger partial charge is 0.348 e. The normalized spacial score (nSPS) is 10.9. The largest absolute Gasteiger partial charge is 0.462 e. The van der Waals surface area contributed by atoms with Gasteiger partial charge in [-0.15, -0.1) is 11.3 Å². The number of rotatable bonds is 3. The molecule has 0 aliphatic rings. The molecule has 0 unspecified atom stereocenters. The Labute approximate surface area is 92.6 Å². The zero-order valence-electron chi connectivity index (χ0n) is 8.61. The number of thiophene rings is 1. The highest BCUT2D eigenvalue weighted by molar-refractivity contribution is 7.10. The molecule has 0 saturated heterocycles. The van der Waals surface area contributed by atoms with Crippen LogP contribution in [-0.4, -0.2) is 12.6 Å². The van der Waals surface area contributed by atoms with E-state index in [1.165, 1.54) is 0 Å². The topological polar surface area (TPSA) is 50.1 Å². The molecule has 3 nitrogen and oxygen atoms in total. The third-order valence-corrected chi connectivity index (χ3v) is 2.68. The zero-order chi connectivity index (χ0) is 11.3. The van der Waals surface area contributed by atoms with Crippen LogP contribution in [0.4, 0.5) is 0 Å². The van der Waals surface area contributed by atoms with Crippen molar-refractivity contribution in [2.75, 3.05) is 6.61 Å². The zero-order valence-corrected chi connectivity index (χ0v) is 9.43. The van der Waals surface area contributed by atoms with Crippen molar-refractivity contribution >= 4 is 23.4 Å².